The number of benzene rings is 1. The molecule has 1 aromatic rings. The highest BCUT2D eigenvalue weighted by Crippen LogP contribution is 2.21. The van der Waals surface area contributed by atoms with Crippen LogP contribution in [0.1, 0.15) is 52.1 Å². The smallest absolute Gasteiger partial charge is 0.239 e. The standard InChI is InChI=1S/C20H33N3O2.2ClH/c1-5-20(6-2,23-15(3)17-10-8-7-9-11-17)14-22-19(24)18-16(4)25-13-12-21-18;;/h7-11,15-16,18,21,23H,5-6,12-14H2,1-4H3,(H,22,24);2*1H/t15?,16-,18+;;/m1../s1. The van der Waals surface area contributed by atoms with Gasteiger partial charge in [0, 0.05) is 24.7 Å². The predicted molar refractivity (Wildman–Crippen MR) is 116 cm³/mol. The van der Waals surface area contributed by atoms with E-state index in [1.165, 1.54) is 5.56 Å². The second kappa shape index (κ2) is 12.6. The number of halogens is 2. The molecule has 0 aliphatic carbocycles. The molecule has 2 rings (SSSR count). The minimum Gasteiger partial charge on any atom is -0.375 e. The predicted octanol–water partition coefficient (Wildman–Crippen LogP) is 3.23. The Balaban J connectivity index is 0.00000338. The van der Waals surface area contributed by atoms with Crippen molar-refractivity contribution >= 4 is 30.7 Å². The first-order valence-corrected chi connectivity index (χ1v) is 9.46. The lowest BCUT2D eigenvalue weighted by Gasteiger charge is -2.37. The first-order valence-electron chi connectivity index (χ1n) is 9.46. The average molecular weight is 420 g/mol. The maximum absolute atomic E-state index is 12.6. The van der Waals surface area contributed by atoms with Gasteiger partial charge in [-0.3, -0.25) is 4.79 Å². The number of carbonyl (C=O) groups is 1. The summed E-state index contributed by atoms with van der Waals surface area (Å²) in [4.78, 5) is 12.6. The lowest BCUT2D eigenvalue weighted by atomic mass is 9.90. The third-order valence-corrected chi connectivity index (χ3v) is 5.38. The monoisotopic (exact) mass is 419 g/mol. The second-order valence-corrected chi connectivity index (χ2v) is 6.99. The summed E-state index contributed by atoms with van der Waals surface area (Å²) in [6.07, 6.45) is 1.80. The van der Waals surface area contributed by atoms with Crippen LogP contribution in [0.15, 0.2) is 30.3 Å². The Labute approximate surface area is 176 Å². The minimum absolute atomic E-state index is 0. The van der Waals surface area contributed by atoms with E-state index in [1.54, 1.807) is 0 Å². The third kappa shape index (κ3) is 7.24. The molecule has 156 valence electrons. The van der Waals surface area contributed by atoms with Gasteiger partial charge in [-0.2, -0.15) is 0 Å². The van der Waals surface area contributed by atoms with E-state index in [2.05, 4.69) is 61.0 Å². The quantitative estimate of drug-likeness (QED) is 0.604. The van der Waals surface area contributed by atoms with Crippen molar-refractivity contribution in [2.75, 3.05) is 19.7 Å². The number of carbonyl (C=O) groups excluding carboxylic acids is 1. The molecule has 1 aromatic carbocycles. The topological polar surface area (TPSA) is 62.4 Å². The Hall–Kier alpha value is -0.850. The number of rotatable bonds is 8. The van der Waals surface area contributed by atoms with Gasteiger partial charge in [0.1, 0.15) is 6.04 Å². The first-order chi connectivity index (χ1) is 12.0. The Bertz CT molecular complexity index is 541. The van der Waals surface area contributed by atoms with E-state index >= 15 is 0 Å². The van der Waals surface area contributed by atoms with Gasteiger partial charge in [0.15, 0.2) is 0 Å². The van der Waals surface area contributed by atoms with Crippen LogP contribution in [0.5, 0.6) is 0 Å². The highest BCUT2D eigenvalue weighted by Gasteiger charge is 2.32. The maximum Gasteiger partial charge on any atom is 0.239 e. The molecule has 1 saturated heterocycles. The summed E-state index contributed by atoms with van der Waals surface area (Å²) >= 11 is 0. The molecule has 1 unspecified atom stereocenters. The summed E-state index contributed by atoms with van der Waals surface area (Å²) < 4.78 is 5.58. The van der Waals surface area contributed by atoms with Crippen LogP contribution in [-0.2, 0) is 9.53 Å². The summed E-state index contributed by atoms with van der Waals surface area (Å²) in [5.74, 6) is 0.0210. The van der Waals surface area contributed by atoms with E-state index in [0.29, 0.717) is 13.2 Å². The number of ether oxygens (including phenoxy) is 1. The summed E-state index contributed by atoms with van der Waals surface area (Å²) in [6, 6.07) is 10.4. The highest BCUT2D eigenvalue weighted by atomic mass is 35.5. The van der Waals surface area contributed by atoms with Gasteiger partial charge in [0.2, 0.25) is 5.91 Å². The molecule has 3 N–H and O–H groups in total. The Morgan fingerprint density at radius 2 is 1.89 bits per heavy atom. The highest BCUT2D eigenvalue weighted by molar-refractivity contribution is 5.85. The van der Waals surface area contributed by atoms with Crippen LogP contribution >= 0.6 is 24.8 Å². The fraction of sp³-hybridized carbons (Fsp3) is 0.650. The fourth-order valence-electron chi connectivity index (χ4n) is 3.43. The van der Waals surface area contributed by atoms with Crippen LogP contribution in [0.25, 0.3) is 0 Å². The molecule has 0 saturated carbocycles. The number of morpholine rings is 1. The first kappa shape index (κ1) is 26.1. The van der Waals surface area contributed by atoms with E-state index in [-0.39, 0.29) is 54.4 Å². The summed E-state index contributed by atoms with van der Waals surface area (Å²) in [7, 11) is 0. The van der Waals surface area contributed by atoms with Crippen LogP contribution in [0.3, 0.4) is 0 Å². The van der Waals surface area contributed by atoms with E-state index in [0.717, 1.165) is 19.4 Å². The molecule has 0 aromatic heterocycles. The third-order valence-electron chi connectivity index (χ3n) is 5.38. The molecular formula is C20H35Cl2N3O2. The molecule has 1 aliphatic heterocycles. The van der Waals surface area contributed by atoms with Crippen molar-refractivity contribution < 1.29 is 9.53 Å². The molecule has 1 aliphatic rings. The molecule has 1 fully saturated rings. The lowest BCUT2D eigenvalue weighted by molar-refractivity contribution is -0.129. The summed E-state index contributed by atoms with van der Waals surface area (Å²) in [5.41, 5.74) is 1.14. The number of hydrogen-bond donors (Lipinski definition) is 3. The largest absolute Gasteiger partial charge is 0.375 e. The van der Waals surface area contributed by atoms with Gasteiger partial charge in [-0.15, -0.1) is 24.8 Å². The normalized spacial score (nSPS) is 20.7. The SMILES string of the molecule is CCC(CC)(CNC(=O)[C@H]1NCCO[C@@H]1C)NC(C)c1ccccc1.Cl.Cl. The van der Waals surface area contributed by atoms with Crippen LogP contribution < -0.4 is 16.0 Å². The van der Waals surface area contributed by atoms with Gasteiger partial charge in [0.25, 0.3) is 0 Å². The molecule has 1 heterocycles. The van der Waals surface area contributed by atoms with Gasteiger partial charge in [-0.25, -0.2) is 0 Å². The maximum atomic E-state index is 12.6. The fourth-order valence-corrected chi connectivity index (χ4v) is 3.43. The Kier molecular flexibility index (Phi) is 12.2. The summed E-state index contributed by atoms with van der Waals surface area (Å²) in [6.45, 7) is 10.5. The van der Waals surface area contributed by atoms with Gasteiger partial charge in [-0.05, 0) is 32.3 Å². The number of hydrogen-bond acceptors (Lipinski definition) is 4. The van der Waals surface area contributed by atoms with Crippen molar-refractivity contribution in [2.24, 2.45) is 0 Å². The zero-order valence-electron chi connectivity index (χ0n) is 16.8. The Morgan fingerprint density at radius 1 is 1.26 bits per heavy atom. The molecule has 7 heteroatoms. The lowest BCUT2D eigenvalue weighted by Crippen LogP contribution is -2.59. The van der Waals surface area contributed by atoms with Crippen molar-refractivity contribution in [2.45, 2.75) is 64.3 Å². The molecule has 5 nitrogen and oxygen atoms in total. The molecule has 1 amide bonds. The van der Waals surface area contributed by atoms with Gasteiger partial charge < -0.3 is 20.7 Å². The van der Waals surface area contributed by atoms with Crippen LogP contribution in [0.2, 0.25) is 0 Å². The zero-order chi connectivity index (χ0) is 18.3. The molecule has 3 atom stereocenters. The van der Waals surface area contributed by atoms with Gasteiger partial charge >= 0.3 is 0 Å². The van der Waals surface area contributed by atoms with E-state index in [1.807, 2.05) is 13.0 Å². The Morgan fingerprint density at radius 3 is 2.44 bits per heavy atom. The minimum atomic E-state index is -0.272. The molecule has 27 heavy (non-hydrogen) atoms. The van der Waals surface area contributed by atoms with E-state index < -0.39 is 0 Å². The van der Waals surface area contributed by atoms with Crippen LogP contribution in [0, 0.1) is 0 Å². The number of nitrogens with one attached hydrogen (secondary N) is 3. The van der Waals surface area contributed by atoms with Crippen molar-refractivity contribution in [3.63, 3.8) is 0 Å². The van der Waals surface area contributed by atoms with Crippen molar-refractivity contribution in [3.8, 4) is 0 Å². The van der Waals surface area contributed by atoms with Gasteiger partial charge in [0.05, 0.1) is 12.7 Å². The number of amides is 1. The van der Waals surface area contributed by atoms with E-state index in [9.17, 15) is 4.79 Å². The molecule has 0 bridgehead atoms. The van der Waals surface area contributed by atoms with Crippen LogP contribution in [-0.4, -0.2) is 43.3 Å². The molecule has 0 spiro atoms. The van der Waals surface area contributed by atoms with E-state index in [4.69, 9.17) is 4.74 Å². The van der Waals surface area contributed by atoms with Gasteiger partial charge in [-0.1, -0.05) is 44.2 Å². The zero-order valence-corrected chi connectivity index (χ0v) is 18.4. The van der Waals surface area contributed by atoms with Crippen molar-refractivity contribution in [1.29, 1.82) is 0 Å². The van der Waals surface area contributed by atoms with Crippen molar-refractivity contribution in [1.82, 2.24) is 16.0 Å². The van der Waals surface area contributed by atoms with Crippen molar-refractivity contribution in [3.05, 3.63) is 35.9 Å². The summed E-state index contributed by atoms with van der Waals surface area (Å²) in [5, 5.41) is 10.1. The average Bonchev–Trinajstić information content (AvgIpc) is 2.66. The molecule has 0 radical (unpaired) electrons. The second-order valence-electron chi connectivity index (χ2n) is 6.99. The van der Waals surface area contributed by atoms with Crippen LogP contribution in [0.4, 0.5) is 0 Å². The molecular weight excluding hydrogens is 385 g/mol.